The van der Waals surface area contributed by atoms with E-state index in [4.69, 9.17) is 17.3 Å². The lowest BCUT2D eigenvalue weighted by atomic mass is 10.2. The highest BCUT2D eigenvalue weighted by Gasteiger charge is 2.19. The molecule has 0 aromatic heterocycles. The normalized spacial score (nSPS) is 13.9. The fourth-order valence-electron chi connectivity index (χ4n) is 0.621. The number of hydrogen-bond acceptors (Lipinski definition) is 3. The van der Waals surface area contributed by atoms with Crippen LogP contribution < -0.4 is 11.1 Å². The smallest absolute Gasteiger partial charge is 0.327 e. The van der Waals surface area contributed by atoms with Gasteiger partial charge in [-0.05, 0) is 6.92 Å². The first-order chi connectivity index (χ1) is 5.99. The molecule has 0 unspecified atom stereocenters. The van der Waals surface area contributed by atoms with Crippen molar-refractivity contribution in [2.45, 2.75) is 25.4 Å². The van der Waals surface area contributed by atoms with Crippen LogP contribution in [-0.4, -0.2) is 29.1 Å². The van der Waals surface area contributed by atoms with Gasteiger partial charge in [-0.3, -0.25) is 4.79 Å². The van der Waals surface area contributed by atoms with Crippen molar-refractivity contribution in [2.75, 3.05) is 0 Å². The summed E-state index contributed by atoms with van der Waals surface area (Å²) in [5.74, 6) is 0.471. The van der Waals surface area contributed by atoms with Crippen molar-refractivity contribution < 1.29 is 14.7 Å². The highest BCUT2D eigenvalue weighted by Crippen LogP contribution is 1.91. The second-order valence-electron chi connectivity index (χ2n) is 2.60. The summed E-state index contributed by atoms with van der Waals surface area (Å²) >= 11 is 0. The predicted octanol–water partition coefficient (Wildman–Crippen LogP) is -1.07. The number of nitrogens with two attached hydrogens (primary N) is 1. The summed E-state index contributed by atoms with van der Waals surface area (Å²) in [7, 11) is 0. The second kappa shape index (κ2) is 5.17. The molecule has 0 aromatic carbocycles. The quantitative estimate of drug-likeness (QED) is 0.485. The van der Waals surface area contributed by atoms with Gasteiger partial charge in [0.15, 0.2) is 0 Å². The Morgan fingerprint density at radius 2 is 2.23 bits per heavy atom. The average molecular weight is 184 g/mol. The summed E-state index contributed by atoms with van der Waals surface area (Å²) < 4.78 is 0. The van der Waals surface area contributed by atoms with E-state index < -0.39 is 24.0 Å². The van der Waals surface area contributed by atoms with Crippen molar-refractivity contribution in [1.82, 2.24) is 5.32 Å². The van der Waals surface area contributed by atoms with Gasteiger partial charge in [-0.1, -0.05) is 0 Å². The number of carboxylic acids is 1. The van der Waals surface area contributed by atoms with E-state index in [1.807, 2.05) is 0 Å². The van der Waals surface area contributed by atoms with Crippen LogP contribution in [0.3, 0.4) is 0 Å². The van der Waals surface area contributed by atoms with Gasteiger partial charge in [0.2, 0.25) is 5.91 Å². The minimum Gasteiger partial charge on any atom is -0.480 e. The lowest BCUT2D eigenvalue weighted by molar-refractivity contribution is -0.141. The first-order valence-corrected chi connectivity index (χ1v) is 3.71. The Kier molecular flexibility index (Phi) is 4.55. The van der Waals surface area contributed by atoms with Crippen molar-refractivity contribution >= 4 is 11.9 Å². The number of amides is 1. The van der Waals surface area contributed by atoms with Crippen molar-refractivity contribution in [3.63, 3.8) is 0 Å². The van der Waals surface area contributed by atoms with Crippen LogP contribution in [0.5, 0.6) is 0 Å². The number of carboxylic acid groups (broad SMARTS) is 1. The summed E-state index contributed by atoms with van der Waals surface area (Å²) in [6, 6.07) is -1.79. The van der Waals surface area contributed by atoms with Crippen molar-refractivity contribution in [3.8, 4) is 12.3 Å². The van der Waals surface area contributed by atoms with E-state index in [9.17, 15) is 9.59 Å². The van der Waals surface area contributed by atoms with Crippen LogP contribution in [0.25, 0.3) is 0 Å². The molecule has 0 aliphatic heterocycles. The molecule has 0 aliphatic rings. The minimum atomic E-state index is -1.16. The highest BCUT2D eigenvalue weighted by molar-refractivity contribution is 5.86. The third-order valence-electron chi connectivity index (χ3n) is 1.35. The summed E-state index contributed by atoms with van der Waals surface area (Å²) in [5.41, 5.74) is 5.22. The Morgan fingerprint density at radius 3 is 2.54 bits per heavy atom. The van der Waals surface area contributed by atoms with Crippen LogP contribution in [0.15, 0.2) is 0 Å². The zero-order chi connectivity index (χ0) is 10.4. The van der Waals surface area contributed by atoms with Gasteiger partial charge in [0.25, 0.3) is 0 Å². The Balaban J connectivity index is 4.20. The van der Waals surface area contributed by atoms with E-state index >= 15 is 0 Å². The summed E-state index contributed by atoms with van der Waals surface area (Å²) in [4.78, 5) is 21.5. The number of aliphatic carboxylic acids is 1. The third kappa shape index (κ3) is 4.13. The Bertz CT molecular complexity index is 242. The van der Waals surface area contributed by atoms with Gasteiger partial charge in [-0.15, -0.1) is 12.3 Å². The average Bonchev–Trinajstić information content (AvgIpc) is 2.03. The number of nitrogens with one attached hydrogen (secondary N) is 1. The Hall–Kier alpha value is -1.54. The van der Waals surface area contributed by atoms with Crippen LogP contribution in [0.1, 0.15) is 13.3 Å². The number of carbonyl (C=O) groups excluding carboxylic acids is 1. The maximum absolute atomic E-state index is 11.0. The van der Waals surface area contributed by atoms with E-state index in [0.717, 1.165) is 0 Å². The Morgan fingerprint density at radius 1 is 1.69 bits per heavy atom. The van der Waals surface area contributed by atoms with Crippen LogP contribution in [0.4, 0.5) is 0 Å². The van der Waals surface area contributed by atoms with Crippen LogP contribution in [0, 0.1) is 12.3 Å². The summed E-state index contributed by atoms with van der Waals surface area (Å²) in [5, 5.41) is 10.8. The number of rotatable bonds is 4. The molecular weight excluding hydrogens is 172 g/mol. The lowest BCUT2D eigenvalue weighted by Gasteiger charge is -2.13. The third-order valence-corrected chi connectivity index (χ3v) is 1.35. The maximum Gasteiger partial charge on any atom is 0.327 e. The monoisotopic (exact) mass is 184 g/mol. The first-order valence-electron chi connectivity index (χ1n) is 3.71. The van der Waals surface area contributed by atoms with Crippen molar-refractivity contribution in [2.24, 2.45) is 5.73 Å². The van der Waals surface area contributed by atoms with E-state index in [0.29, 0.717) is 0 Å². The number of terminal acetylenes is 1. The molecule has 0 rings (SSSR count). The lowest BCUT2D eigenvalue weighted by Crippen LogP contribution is -2.47. The van der Waals surface area contributed by atoms with Crippen LogP contribution in [-0.2, 0) is 9.59 Å². The molecule has 0 aliphatic carbocycles. The first kappa shape index (κ1) is 11.5. The van der Waals surface area contributed by atoms with Crippen molar-refractivity contribution in [1.29, 1.82) is 0 Å². The molecule has 0 saturated heterocycles. The molecule has 1 amide bonds. The second-order valence-corrected chi connectivity index (χ2v) is 2.60. The summed E-state index contributed by atoms with van der Waals surface area (Å²) in [6.07, 6.45) is 4.88. The molecule has 5 nitrogen and oxygen atoms in total. The van der Waals surface area contributed by atoms with E-state index in [-0.39, 0.29) is 6.42 Å². The zero-order valence-electron chi connectivity index (χ0n) is 7.28. The topological polar surface area (TPSA) is 92.4 Å². The van der Waals surface area contributed by atoms with Gasteiger partial charge in [0.05, 0.1) is 6.04 Å². The van der Waals surface area contributed by atoms with Gasteiger partial charge in [-0.2, -0.15) is 0 Å². The molecule has 4 N–H and O–H groups in total. The molecule has 0 saturated carbocycles. The molecule has 13 heavy (non-hydrogen) atoms. The standard InChI is InChI=1S/C8H12N2O3/c1-3-4-6(8(12)13)10-7(11)5(2)9/h1,5-6H,4,9H2,2H3,(H,10,11)(H,12,13)/t5-,6-/m0/s1. The fourth-order valence-corrected chi connectivity index (χ4v) is 0.621. The van der Waals surface area contributed by atoms with Gasteiger partial charge >= 0.3 is 5.97 Å². The fraction of sp³-hybridized carbons (Fsp3) is 0.500. The molecule has 0 radical (unpaired) electrons. The minimum absolute atomic E-state index is 0.0478. The van der Waals surface area contributed by atoms with Crippen LogP contribution in [0.2, 0.25) is 0 Å². The molecule has 0 heterocycles. The SMILES string of the molecule is C#CC[C@H](NC(=O)[C@H](C)N)C(=O)O. The molecule has 0 spiro atoms. The summed E-state index contributed by atoms with van der Waals surface area (Å²) in [6.45, 7) is 1.46. The van der Waals surface area contributed by atoms with Gasteiger partial charge < -0.3 is 16.2 Å². The van der Waals surface area contributed by atoms with Crippen LogP contribution >= 0.6 is 0 Å². The molecule has 2 atom stereocenters. The molecule has 5 heteroatoms. The zero-order valence-corrected chi connectivity index (χ0v) is 7.28. The number of hydrogen-bond donors (Lipinski definition) is 3. The number of carbonyl (C=O) groups is 2. The molecule has 0 aromatic rings. The highest BCUT2D eigenvalue weighted by atomic mass is 16.4. The van der Waals surface area contributed by atoms with E-state index in [1.165, 1.54) is 6.92 Å². The largest absolute Gasteiger partial charge is 0.480 e. The van der Waals surface area contributed by atoms with Gasteiger partial charge in [0, 0.05) is 6.42 Å². The van der Waals surface area contributed by atoms with Gasteiger partial charge in [0.1, 0.15) is 6.04 Å². The molecule has 0 fully saturated rings. The Labute approximate surface area is 76.3 Å². The predicted molar refractivity (Wildman–Crippen MR) is 46.7 cm³/mol. The van der Waals surface area contributed by atoms with E-state index in [1.54, 1.807) is 0 Å². The van der Waals surface area contributed by atoms with E-state index in [2.05, 4.69) is 11.2 Å². The molecule has 72 valence electrons. The van der Waals surface area contributed by atoms with Gasteiger partial charge in [-0.25, -0.2) is 4.79 Å². The van der Waals surface area contributed by atoms with Crippen molar-refractivity contribution in [3.05, 3.63) is 0 Å². The molecular formula is C8H12N2O3. The molecule has 0 bridgehead atoms. The maximum atomic E-state index is 11.0.